The fourth-order valence-corrected chi connectivity index (χ4v) is 2.77. The molecule has 0 bridgehead atoms. The second-order valence-corrected chi connectivity index (χ2v) is 6.80. The van der Waals surface area contributed by atoms with Crippen LogP contribution in [0.1, 0.15) is 6.42 Å². The van der Waals surface area contributed by atoms with Crippen molar-refractivity contribution in [3.05, 3.63) is 42.7 Å². The van der Waals surface area contributed by atoms with Crippen molar-refractivity contribution in [2.75, 3.05) is 12.9 Å². The van der Waals surface area contributed by atoms with E-state index in [1.165, 1.54) is 0 Å². The lowest BCUT2D eigenvalue weighted by Gasteiger charge is -1.98. The van der Waals surface area contributed by atoms with Gasteiger partial charge in [0.1, 0.15) is 11.7 Å². The van der Waals surface area contributed by atoms with Gasteiger partial charge in [0.2, 0.25) is 5.89 Å². The van der Waals surface area contributed by atoms with E-state index in [4.69, 9.17) is 4.42 Å². The van der Waals surface area contributed by atoms with Crippen LogP contribution >= 0.6 is 0 Å². The summed E-state index contributed by atoms with van der Waals surface area (Å²) in [6.45, 7) is 0.483. The van der Waals surface area contributed by atoms with Crippen LogP contribution < -0.4 is 4.68 Å². The van der Waals surface area contributed by atoms with Crippen molar-refractivity contribution in [2.24, 2.45) is 0 Å². The monoisotopic (exact) mass is 334 g/mol. The molecule has 0 saturated heterocycles. The quantitative estimate of drug-likeness (QED) is 0.502. The Morgan fingerprint density at radius 3 is 2.78 bits per heavy atom. The summed E-state index contributed by atoms with van der Waals surface area (Å²) in [6, 6.07) is 9.37. The van der Waals surface area contributed by atoms with E-state index in [0.717, 1.165) is 23.8 Å². The number of fused-ring (bicyclic) bond motifs is 1. The molecule has 0 amide bonds. The third-order valence-corrected chi connectivity index (χ3v) is 4.64. The number of nitrogens with zero attached hydrogens (tertiary/aromatic N) is 3. The van der Waals surface area contributed by atoms with Gasteiger partial charge < -0.3 is 4.42 Å². The van der Waals surface area contributed by atoms with Crippen molar-refractivity contribution in [3.63, 3.8) is 0 Å². The van der Waals surface area contributed by atoms with Gasteiger partial charge in [-0.2, -0.15) is 8.42 Å². The van der Waals surface area contributed by atoms with Crippen LogP contribution in [0.3, 0.4) is 0 Å². The van der Waals surface area contributed by atoms with Crippen LogP contribution in [0.2, 0.25) is 0 Å². The number of hydrogen-bond acceptors (Lipinski definition) is 6. The zero-order chi connectivity index (χ0) is 16.3. The number of oxazole rings is 1. The van der Waals surface area contributed by atoms with Gasteiger partial charge in [0.25, 0.3) is 10.1 Å². The van der Waals surface area contributed by atoms with Crippen molar-refractivity contribution in [2.45, 2.75) is 13.0 Å². The molecule has 120 valence electrons. The zero-order valence-electron chi connectivity index (χ0n) is 12.5. The van der Waals surface area contributed by atoms with Crippen molar-refractivity contribution in [1.82, 2.24) is 10.1 Å². The fraction of sp³-hybridized carbons (Fsp3) is 0.267. The van der Waals surface area contributed by atoms with Crippen LogP contribution in [0, 0.1) is 0 Å². The molecule has 7 nitrogen and oxygen atoms in total. The molecule has 2 aromatic heterocycles. The normalized spacial score (nSPS) is 11.9. The van der Waals surface area contributed by atoms with Crippen LogP contribution in [0.15, 0.2) is 47.1 Å². The Hall–Kier alpha value is -2.32. The summed E-state index contributed by atoms with van der Waals surface area (Å²) in [6.07, 6.45) is 3.84. The standard InChI is InChI=1S/C15H16N3O4S/c1-21-23(19,20)10-4-8-18-9-7-12(11-16-18)15-17-13-5-2-3-6-14(13)22-15/h2-3,5-7,9,11H,4,8,10H2,1H3/q+1. The van der Waals surface area contributed by atoms with Crippen molar-refractivity contribution < 1.29 is 21.7 Å². The van der Waals surface area contributed by atoms with Crippen molar-refractivity contribution in [3.8, 4) is 11.5 Å². The molecule has 0 radical (unpaired) electrons. The van der Waals surface area contributed by atoms with E-state index in [9.17, 15) is 8.42 Å². The lowest BCUT2D eigenvalue weighted by atomic mass is 10.3. The first-order chi connectivity index (χ1) is 11.1. The summed E-state index contributed by atoms with van der Waals surface area (Å²) in [4.78, 5) is 4.41. The maximum atomic E-state index is 11.2. The second-order valence-electron chi connectivity index (χ2n) is 4.95. The first-order valence-corrected chi connectivity index (χ1v) is 8.65. The number of rotatable bonds is 6. The molecule has 8 heteroatoms. The van der Waals surface area contributed by atoms with Gasteiger partial charge in [0, 0.05) is 12.5 Å². The third-order valence-electron chi connectivity index (χ3n) is 3.35. The number of aryl methyl sites for hydroxylation is 1. The summed E-state index contributed by atoms with van der Waals surface area (Å²) in [5.74, 6) is 0.471. The van der Waals surface area contributed by atoms with E-state index >= 15 is 0 Å². The van der Waals surface area contributed by atoms with E-state index in [0.29, 0.717) is 18.9 Å². The van der Waals surface area contributed by atoms with E-state index in [1.54, 1.807) is 17.1 Å². The van der Waals surface area contributed by atoms with E-state index in [-0.39, 0.29) is 5.75 Å². The molecular formula is C15H16N3O4S+. The molecule has 0 aliphatic heterocycles. The van der Waals surface area contributed by atoms with Gasteiger partial charge in [-0.05, 0) is 17.2 Å². The lowest BCUT2D eigenvalue weighted by molar-refractivity contribution is -0.753. The average molecular weight is 334 g/mol. The molecule has 0 aliphatic carbocycles. The highest BCUT2D eigenvalue weighted by molar-refractivity contribution is 7.86. The SMILES string of the molecule is COS(=O)(=O)CCC[n+]1ccc(-c2nc3ccccc3o2)cn1. The van der Waals surface area contributed by atoms with Gasteiger partial charge in [-0.15, -0.1) is 0 Å². The first kappa shape index (κ1) is 15.6. The number of hydrogen-bond donors (Lipinski definition) is 0. The highest BCUT2D eigenvalue weighted by atomic mass is 32.2. The lowest BCUT2D eigenvalue weighted by Crippen LogP contribution is -2.38. The smallest absolute Gasteiger partial charge is 0.267 e. The molecule has 0 aliphatic rings. The molecule has 0 spiro atoms. The molecule has 0 saturated carbocycles. The number of aromatic nitrogens is 3. The van der Waals surface area contributed by atoms with Gasteiger partial charge in [0.05, 0.1) is 18.4 Å². The van der Waals surface area contributed by atoms with Crippen LogP contribution in [0.4, 0.5) is 0 Å². The molecule has 2 heterocycles. The highest BCUT2D eigenvalue weighted by Crippen LogP contribution is 2.22. The summed E-state index contributed by atoms with van der Waals surface area (Å²) in [5, 5.41) is 4.25. The average Bonchev–Trinajstić information content (AvgIpc) is 2.99. The fourth-order valence-electron chi connectivity index (χ4n) is 2.13. The van der Waals surface area contributed by atoms with E-state index in [1.807, 2.05) is 30.3 Å². The minimum absolute atomic E-state index is 0.0366. The van der Waals surface area contributed by atoms with Gasteiger partial charge in [-0.25, -0.2) is 4.98 Å². The third kappa shape index (κ3) is 3.72. The van der Waals surface area contributed by atoms with Gasteiger partial charge >= 0.3 is 0 Å². The molecule has 0 fully saturated rings. The van der Waals surface area contributed by atoms with Gasteiger partial charge in [-0.3, -0.25) is 4.18 Å². The summed E-state index contributed by atoms with van der Waals surface area (Å²) in [7, 11) is -2.26. The van der Waals surface area contributed by atoms with E-state index < -0.39 is 10.1 Å². The number of para-hydroxylation sites is 2. The molecule has 3 aromatic rings. The second kappa shape index (κ2) is 6.43. The summed E-state index contributed by atoms with van der Waals surface area (Å²) >= 11 is 0. The van der Waals surface area contributed by atoms with Crippen LogP contribution in [-0.4, -0.2) is 31.4 Å². The predicted octanol–water partition coefficient (Wildman–Crippen LogP) is 1.54. The molecule has 1 aromatic carbocycles. The zero-order valence-corrected chi connectivity index (χ0v) is 13.4. The maximum absolute atomic E-state index is 11.2. The Balaban J connectivity index is 1.69. The van der Waals surface area contributed by atoms with Gasteiger partial charge in [-0.1, -0.05) is 16.8 Å². The molecular weight excluding hydrogens is 318 g/mol. The Kier molecular flexibility index (Phi) is 4.35. The van der Waals surface area contributed by atoms with Crippen molar-refractivity contribution in [1.29, 1.82) is 0 Å². The Bertz CT molecular complexity index is 871. The Morgan fingerprint density at radius 2 is 2.09 bits per heavy atom. The molecule has 23 heavy (non-hydrogen) atoms. The number of benzene rings is 1. The minimum atomic E-state index is -3.42. The van der Waals surface area contributed by atoms with Crippen LogP contribution in [0.25, 0.3) is 22.6 Å². The van der Waals surface area contributed by atoms with Crippen molar-refractivity contribution >= 4 is 21.2 Å². The largest absolute Gasteiger partial charge is 0.436 e. The maximum Gasteiger partial charge on any atom is 0.267 e. The summed E-state index contributed by atoms with van der Waals surface area (Å²) < 4.78 is 34.2. The molecule has 0 unspecified atom stereocenters. The molecule has 3 rings (SSSR count). The van der Waals surface area contributed by atoms with Gasteiger partial charge in [0.15, 0.2) is 18.3 Å². The molecule has 0 atom stereocenters. The van der Waals surface area contributed by atoms with Crippen LogP contribution in [0.5, 0.6) is 0 Å². The topological polar surface area (TPSA) is 86.2 Å². The van der Waals surface area contributed by atoms with E-state index in [2.05, 4.69) is 14.3 Å². The summed E-state index contributed by atoms with van der Waals surface area (Å²) in [5.41, 5.74) is 2.29. The predicted molar refractivity (Wildman–Crippen MR) is 82.8 cm³/mol. The minimum Gasteiger partial charge on any atom is -0.436 e. The Morgan fingerprint density at radius 1 is 1.26 bits per heavy atom. The van der Waals surface area contributed by atoms with Crippen LogP contribution in [-0.2, 0) is 20.8 Å². The first-order valence-electron chi connectivity index (χ1n) is 7.07. The Labute approximate surface area is 133 Å². The molecule has 0 N–H and O–H groups in total. The highest BCUT2D eigenvalue weighted by Gasteiger charge is 2.13.